The molecule has 0 saturated heterocycles. The Labute approximate surface area is 145 Å². The lowest BCUT2D eigenvalue weighted by molar-refractivity contribution is 0.0544. The Morgan fingerprint density at radius 1 is 1.43 bits per heavy atom. The molecule has 1 atom stereocenters. The first-order chi connectivity index (χ1) is 9.61. The van der Waals surface area contributed by atoms with Gasteiger partial charge in [0.2, 0.25) is 0 Å². The molecule has 1 aromatic heterocycles. The van der Waals surface area contributed by atoms with Gasteiger partial charge in [0.15, 0.2) is 0 Å². The van der Waals surface area contributed by atoms with Gasteiger partial charge in [0.25, 0.3) is 0 Å². The van der Waals surface area contributed by atoms with Crippen LogP contribution in [0.15, 0.2) is 22.8 Å². The summed E-state index contributed by atoms with van der Waals surface area (Å²) in [5.41, 5.74) is 1.08. The molecule has 0 N–H and O–H groups in total. The van der Waals surface area contributed by atoms with Gasteiger partial charge in [0, 0.05) is 26.4 Å². The third-order valence-electron chi connectivity index (χ3n) is 2.89. The van der Waals surface area contributed by atoms with E-state index in [1.165, 1.54) is 4.57 Å². The molecule has 0 fully saturated rings. The lowest BCUT2D eigenvalue weighted by Crippen LogP contribution is -2.27. The van der Waals surface area contributed by atoms with Crippen LogP contribution in [0.3, 0.4) is 0 Å². The molecule has 0 aliphatic carbocycles. The van der Waals surface area contributed by atoms with Crippen molar-refractivity contribution >= 4 is 60.5 Å². The summed E-state index contributed by atoms with van der Waals surface area (Å²) in [5.74, 6) is 0. The van der Waals surface area contributed by atoms with Gasteiger partial charge in [0.05, 0.1) is 10.5 Å². The molecule has 0 aliphatic rings. The zero-order valence-electron chi connectivity index (χ0n) is 12.2. The van der Waals surface area contributed by atoms with Crippen molar-refractivity contribution in [2.75, 3.05) is 0 Å². The van der Waals surface area contributed by atoms with Crippen molar-refractivity contribution in [3.05, 3.63) is 33.4 Å². The maximum absolute atomic E-state index is 12.4. The summed E-state index contributed by atoms with van der Waals surface area (Å²) in [4.78, 5) is 12.4. The van der Waals surface area contributed by atoms with Crippen LogP contribution in [0.25, 0.3) is 10.9 Å². The van der Waals surface area contributed by atoms with Crippen LogP contribution in [0.4, 0.5) is 4.79 Å². The van der Waals surface area contributed by atoms with Gasteiger partial charge in [-0.15, -0.1) is 0 Å². The summed E-state index contributed by atoms with van der Waals surface area (Å²) in [6, 6.07) is 3.77. The van der Waals surface area contributed by atoms with Gasteiger partial charge in [-0.1, -0.05) is 27.5 Å². The van der Waals surface area contributed by atoms with Crippen LogP contribution in [-0.2, 0) is 4.74 Å². The van der Waals surface area contributed by atoms with E-state index in [9.17, 15) is 4.79 Å². The second-order valence-corrected chi connectivity index (χ2v) is 8.41. The minimum absolute atomic E-state index is 0.00101. The van der Waals surface area contributed by atoms with Crippen LogP contribution in [0.1, 0.15) is 38.1 Å². The standard InChI is InChI=1S/C15H16Br2ClNO2/c1-8(16)11-12(18)10(17)7-9-5-6-19(13(9)11)14(20)21-15(2,3)4/h5-8H,1-4H3. The molecule has 114 valence electrons. The number of carbonyl (C=O) groups is 1. The number of nitrogens with zero attached hydrogens (tertiary/aromatic N) is 1. The number of fused-ring (bicyclic) bond motifs is 1. The van der Waals surface area contributed by atoms with Gasteiger partial charge < -0.3 is 4.74 Å². The third kappa shape index (κ3) is 3.46. The number of alkyl halides is 1. The molecule has 0 amide bonds. The van der Waals surface area contributed by atoms with Crippen molar-refractivity contribution in [2.24, 2.45) is 0 Å². The summed E-state index contributed by atoms with van der Waals surface area (Å²) in [6.07, 6.45) is 1.30. The van der Waals surface area contributed by atoms with Crippen LogP contribution >= 0.6 is 43.5 Å². The van der Waals surface area contributed by atoms with E-state index in [1.54, 1.807) is 6.20 Å². The second kappa shape index (κ2) is 5.94. The number of hydrogen-bond donors (Lipinski definition) is 0. The highest BCUT2D eigenvalue weighted by Crippen LogP contribution is 2.40. The van der Waals surface area contributed by atoms with Gasteiger partial charge in [-0.2, -0.15) is 0 Å². The Bertz CT molecular complexity index is 702. The Morgan fingerprint density at radius 2 is 2.05 bits per heavy atom. The molecule has 2 aromatic rings. The molecule has 2 rings (SSSR count). The molecule has 0 bridgehead atoms. The average molecular weight is 438 g/mol. The van der Waals surface area contributed by atoms with Crippen LogP contribution in [0, 0.1) is 0 Å². The summed E-state index contributed by atoms with van der Waals surface area (Å²) in [7, 11) is 0. The zero-order valence-corrected chi connectivity index (χ0v) is 16.1. The van der Waals surface area contributed by atoms with Crippen molar-refractivity contribution in [3.8, 4) is 0 Å². The van der Waals surface area contributed by atoms with Crippen LogP contribution < -0.4 is 0 Å². The molecule has 1 unspecified atom stereocenters. The first-order valence-corrected chi connectivity index (χ1v) is 8.57. The highest BCUT2D eigenvalue weighted by atomic mass is 79.9. The highest BCUT2D eigenvalue weighted by molar-refractivity contribution is 9.10. The first-order valence-electron chi connectivity index (χ1n) is 6.48. The number of hydrogen-bond acceptors (Lipinski definition) is 2. The molecule has 1 heterocycles. The maximum Gasteiger partial charge on any atom is 0.419 e. The number of rotatable bonds is 1. The Morgan fingerprint density at radius 3 is 2.57 bits per heavy atom. The van der Waals surface area contributed by atoms with E-state index in [-0.39, 0.29) is 4.83 Å². The third-order valence-corrected chi connectivity index (χ3v) is 4.61. The van der Waals surface area contributed by atoms with E-state index < -0.39 is 11.7 Å². The smallest absolute Gasteiger partial charge is 0.419 e. The molecule has 0 radical (unpaired) electrons. The molecule has 21 heavy (non-hydrogen) atoms. The fraction of sp³-hybridized carbons (Fsp3) is 0.400. The Kier molecular flexibility index (Phi) is 4.76. The lowest BCUT2D eigenvalue weighted by atomic mass is 10.1. The van der Waals surface area contributed by atoms with E-state index in [4.69, 9.17) is 16.3 Å². The highest BCUT2D eigenvalue weighted by Gasteiger charge is 2.23. The van der Waals surface area contributed by atoms with Gasteiger partial charge in [0.1, 0.15) is 5.60 Å². The first kappa shape index (κ1) is 16.8. The van der Waals surface area contributed by atoms with E-state index in [2.05, 4.69) is 31.9 Å². The van der Waals surface area contributed by atoms with Gasteiger partial charge >= 0.3 is 6.09 Å². The molecule has 1 aromatic carbocycles. The zero-order chi connectivity index (χ0) is 15.9. The Hall–Kier alpha value is -0.520. The molecule has 0 saturated carbocycles. The molecule has 3 nitrogen and oxygen atoms in total. The van der Waals surface area contributed by atoms with Crippen molar-refractivity contribution in [3.63, 3.8) is 0 Å². The minimum atomic E-state index is -0.549. The van der Waals surface area contributed by atoms with Crippen molar-refractivity contribution in [1.29, 1.82) is 0 Å². The lowest BCUT2D eigenvalue weighted by Gasteiger charge is -2.21. The van der Waals surface area contributed by atoms with Gasteiger partial charge in [-0.3, -0.25) is 4.57 Å². The fourth-order valence-corrected chi connectivity index (χ4v) is 3.45. The van der Waals surface area contributed by atoms with Crippen LogP contribution in [0.2, 0.25) is 5.02 Å². The van der Waals surface area contributed by atoms with Crippen molar-refractivity contribution < 1.29 is 9.53 Å². The van der Waals surface area contributed by atoms with E-state index >= 15 is 0 Å². The van der Waals surface area contributed by atoms with E-state index in [0.29, 0.717) is 5.02 Å². The van der Waals surface area contributed by atoms with Crippen molar-refractivity contribution in [1.82, 2.24) is 4.57 Å². The predicted octanol–water partition coefficient (Wildman–Crippen LogP) is 6.30. The normalized spacial score (nSPS) is 13.5. The van der Waals surface area contributed by atoms with Crippen LogP contribution in [-0.4, -0.2) is 16.3 Å². The molecular weight excluding hydrogens is 421 g/mol. The predicted molar refractivity (Wildman–Crippen MR) is 93.6 cm³/mol. The van der Waals surface area contributed by atoms with E-state index in [1.807, 2.05) is 39.8 Å². The molecular formula is C15H16Br2ClNO2. The van der Waals surface area contributed by atoms with Crippen LogP contribution in [0.5, 0.6) is 0 Å². The van der Waals surface area contributed by atoms with Crippen molar-refractivity contribution in [2.45, 2.75) is 38.1 Å². The topological polar surface area (TPSA) is 31.2 Å². The Balaban J connectivity index is 2.67. The van der Waals surface area contributed by atoms with Gasteiger partial charge in [-0.05, 0) is 55.8 Å². The number of ether oxygens (including phenoxy) is 1. The number of aromatic nitrogens is 1. The minimum Gasteiger partial charge on any atom is -0.443 e. The molecule has 0 aliphatic heterocycles. The molecule has 0 spiro atoms. The largest absolute Gasteiger partial charge is 0.443 e. The van der Waals surface area contributed by atoms with E-state index in [0.717, 1.165) is 20.9 Å². The van der Waals surface area contributed by atoms with Gasteiger partial charge in [-0.25, -0.2) is 4.79 Å². The second-order valence-electron chi connectivity index (χ2n) is 5.81. The fourth-order valence-electron chi connectivity index (χ4n) is 2.11. The monoisotopic (exact) mass is 435 g/mol. The molecule has 6 heteroatoms. The number of carbonyl (C=O) groups excluding carboxylic acids is 1. The maximum atomic E-state index is 12.4. The number of halogens is 3. The summed E-state index contributed by atoms with van der Waals surface area (Å²) < 4.78 is 7.76. The quantitative estimate of drug-likeness (QED) is 0.491. The average Bonchev–Trinajstić information content (AvgIpc) is 2.70. The summed E-state index contributed by atoms with van der Waals surface area (Å²) >= 11 is 13.4. The summed E-state index contributed by atoms with van der Waals surface area (Å²) in [6.45, 7) is 7.50. The summed E-state index contributed by atoms with van der Waals surface area (Å²) in [5, 5.41) is 1.52. The number of benzene rings is 1. The SMILES string of the molecule is CC(Br)c1c(Cl)c(Br)cc2ccn(C(=O)OC(C)(C)C)c12.